The normalized spacial score (nSPS) is 32.5. The second kappa shape index (κ2) is 4.70. The summed E-state index contributed by atoms with van der Waals surface area (Å²) in [5.41, 5.74) is -1.19. The molecule has 0 aromatic rings. The Morgan fingerprint density at radius 3 is 2.10 bits per heavy atom. The van der Waals surface area contributed by atoms with Gasteiger partial charge in [0.25, 0.3) is 0 Å². The summed E-state index contributed by atoms with van der Waals surface area (Å²) >= 11 is 0. The molecule has 20 heavy (non-hydrogen) atoms. The molecule has 2 unspecified atom stereocenters. The van der Waals surface area contributed by atoms with Crippen LogP contribution in [0.1, 0.15) is 33.6 Å². The number of alkyl halides is 6. The number of carbonyl (C=O) groups excluding carboxylic acids is 1. The van der Waals surface area contributed by atoms with Crippen LogP contribution in [0, 0.1) is 0 Å². The first-order chi connectivity index (χ1) is 8.73. The van der Waals surface area contributed by atoms with E-state index in [0.717, 1.165) is 0 Å². The predicted octanol–water partition coefficient (Wildman–Crippen LogP) is 4.01. The maximum Gasteiger partial charge on any atom is 0.511 e. The summed E-state index contributed by atoms with van der Waals surface area (Å²) in [4.78, 5) is 11.2. The van der Waals surface area contributed by atoms with Crippen molar-refractivity contribution in [2.45, 2.75) is 63.1 Å². The fourth-order valence-electron chi connectivity index (χ4n) is 1.61. The zero-order valence-corrected chi connectivity index (χ0v) is 11.0. The van der Waals surface area contributed by atoms with Crippen LogP contribution in [-0.4, -0.2) is 35.6 Å². The van der Waals surface area contributed by atoms with Crippen LogP contribution in [0.25, 0.3) is 0 Å². The molecule has 0 radical (unpaired) electrons. The fraction of sp³-hybridized carbons (Fsp3) is 0.909. The van der Waals surface area contributed by atoms with Gasteiger partial charge in [0.1, 0.15) is 5.60 Å². The summed E-state index contributed by atoms with van der Waals surface area (Å²) in [6.45, 7) is 4.01. The molecule has 1 rings (SSSR count). The van der Waals surface area contributed by atoms with Gasteiger partial charge in [-0.3, -0.25) is 0 Å². The van der Waals surface area contributed by atoms with Crippen molar-refractivity contribution in [3.63, 3.8) is 0 Å². The fourth-order valence-corrected chi connectivity index (χ4v) is 1.61. The molecule has 1 aliphatic rings. The van der Waals surface area contributed by atoms with Gasteiger partial charge in [0.15, 0.2) is 6.17 Å². The van der Waals surface area contributed by atoms with E-state index in [1.165, 1.54) is 20.8 Å². The molecule has 1 fully saturated rings. The standard InChI is InChI=1S/C11H14F6O3/c1-8(2,3)19-7(18)20-9(13)5-4-6(12)10(14,15)11(9,16)17/h6H,4-5H2,1-3H3. The molecule has 0 aromatic carbocycles. The van der Waals surface area contributed by atoms with Crippen LogP contribution in [0.3, 0.4) is 0 Å². The molecular formula is C11H14F6O3. The van der Waals surface area contributed by atoms with Crippen molar-refractivity contribution in [3.8, 4) is 0 Å². The van der Waals surface area contributed by atoms with Crippen molar-refractivity contribution in [2.24, 2.45) is 0 Å². The van der Waals surface area contributed by atoms with Crippen molar-refractivity contribution >= 4 is 6.16 Å². The Kier molecular flexibility index (Phi) is 3.97. The van der Waals surface area contributed by atoms with Gasteiger partial charge in [-0.2, -0.15) is 22.0 Å². The molecule has 118 valence electrons. The lowest BCUT2D eigenvalue weighted by Crippen LogP contribution is -2.65. The maximum atomic E-state index is 13.9. The molecule has 0 aliphatic heterocycles. The van der Waals surface area contributed by atoms with Gasteiger partial charge in [-0.1, -0.05) is 0 Å². The first kappa shape index (κ1) is 16.9. The Bertz CT molecular complexity index is 392. The second-order valence-electron chi connectivity index (χ2n) is 5.50. The van der Waals surface area contributed by atoms with E-state index in [2.05, 4.69) is 9.47 Å². The Morgan fingerprint density at radius 1 is 1.15 bits per heavy atom. The summed E-state index contributed by atoms with van der Waals surface area (Å²) < 4.78 is 87.8. The highest BCUT2D eigenvalue weighted by atomic mass is 19.3. The minimum atomic E-state index is -5.49. The molecule has 3 nitrogen and oxygen atoms in total. The highest BCUT2D eigenvalue weighted by Gasteiger charge is 2.78. The summed E-state index contributed by atoms with van der Waals surface area (Å²) in [5.74, 6) is -15.1. The topological polar surface area (TPSA) is 35.5 Å². The van der Waals surface area contributed by atoms with Crippen molar-refractivity contribution in [2.75, 3.05) is 0 Å². The van der Waals surface area contributed by atoms with Crippen LogP contribution in [0.15, 0.2) is 0 Å². The molecule has 0 N–H and O–H groups in total. The Balaban J connectivity index is 2.95. The van der Waals surface area contributed by atoms with E-state index >= 15 is 0 Å². The highest BCUT2D eigenvalue weighted by Crippen LogP contribution is 2.54. The zero-order valence-electron chi connectivity index (χ0n) is 11.0. The average molecular weight is 308 g/mol. The molecule has 0 aromatic heterocycles. The first-order valence-electron chi connectivity index (χ1n) is 5.73. The number of halogens is 6. The number of hydrogen-bond donors (Lipinski definition) is 0. The van der Waals surface area contributed by atoms with Crippen molar-refractivity contribution in [1.29, 1.82) is 0 Å². The third kappa shape index (κ3) is 2.80. The Morgan fingerprint density at radius 2 is 1.65 bits per heavy atom. The minimum absolute atomic E-state index is 1.19. The Hall–Kier alpha value is -1.15. The van der Waals surface area contributed by atoms with Gasteiger partial charge in [-0.25, -0.2) is 9.18 Å². The smallest absolute Gasteiger partial charge is 0.428 e. The maximum absolute atomic E-state index is 13.9. The van der Waals surface area contributed by atoms with E-state index in [0.29, 0.717) is 0 Å². The van der Waals surface area contributed by atoms with Crippen LogP contribution in [0.5, 0.6) is 0 Å². The zero-order chi connectivity index (χ0) is 16.0. The van der Waals surface area contributed by atoms with Crippen LogP contribution in [-0.2, 0) is 9.47 Å². The SMILES string of the molecule is CC(C)(C)OC(=O)OC1(F)CCC(F)C(F)(F)C1(F)F. The van der Waals surface area contributed by atoms with Crippen molar-refractivity contribution < 1.29 is 40.6 Å². The van der Waals surface area contributed by atoms with Gasteiger partial charge >= 0.3 is 23.9 Å². The van der Waals surface area contributed by atoms with Crippen LogP contribution >= 0.6 is 0 Å². The first-order valence-corrected chi connectivity index (χ1v) is 5.73. The van der Waals surface area contributed by atoms with Crippen molar-refractivity contribution in [3.05, 3.63) is 0 Å². The molecule has 0 bridgehead atoms. The van der Waals surface area contributed by atoms with Crippen LogP contribution < -0.4 is 0 Å². The van der Waals surface area contributed by atoms with E-state index in [4.69, 9.17) is 0 Å². The van der Waals surface area contributed by atoms with Gasteiger partial charge in [-0.15, -0.1) is 0 Å². The van der Waals surface area contributed by atoms with Gasteiger partial charge < -0.3 is 9.47 Å². The van der Waals surface area contributed by atoms with Gasteiger partial charge in [-0.05, 0) is 27.2 Å². The lowest BCUT2D eigenvalue weighted by molar-refractivity contribution is -0.368. The van der Waals surface area contributed by atoms with E-state index in [-0.39, 0.29) is 0 Å². The predicted molar refractivity (Wildman–Crippen MR) is 55.2 cm³/mol. The largest absolute Gasteiger partial charge is 0.511 e. The average Bonchev–Trinajstić information content (AvgIpc) is 2.20. The quantitative estimate of drug-likeness (QED) is 0.542. The molecule has 0 spiro atoms. The lowest BCUT2D eigenvalue weighted by Gasteiger charge is -2.42. The van der Waals surface area contributed by atoms with Crippen LogP contribution in [0.2, 0.25) is 0 Å². The third-order valence-electron chi connectivity index (χ3n) is 2.63. The summed E-state index contributed by atoms with van der Waals surface area (Å²) in [5, 5.41) is 0. The number of ether oxygens (including phenoxy) is 2. The van der Waals surface area contributed by atoms with E-state index in [1.807, 2.05) is 0 Å². The monoisotopic (exact) mass is 308 g/mol. The molecule has 0 saturated heterocycles. The molecule has 0 amide bonds. The van der Waals surface area contributed by atoms with E-state index < -0.39 is 48.5 Å². The van der Waals surface area contributed by atoms with Gasteiger partial charge in [0.2, 0.25) is 0 Å². The van der Waals surface area contributed by atoms with Crippen molar-refractivity contribution in [1.82, 2.24) is 0 Å². The van der Waals surface area contributed by atoms with Gasteiger partial charge in [0.05, 0.1) is 0 Å². The van der Waals surface area contributed by atoms with E-state index in [1.54, 1.807) is 0 Å². The third-order valence-corrected chi connectivity index (χ3v) is 2.63. The number of rotatable bonds is 1. The Labute approximate surface area is 111 Å². The number of carbonyl (C=O) groups is 1. The van der Waals surface area contributed by atoms with Crippen LogP contribution in [0.4, 0.5) is 31.1 Å². The molecule has 2 atom stereocenters. The molecule has 0 heterocycles. The molecule has 1 saturated carbocycles. The lowest BCUT2D eigenvalue weighted by atomic mass is 9.86. The second-order valence-corrected chi connectivity index (χ2v) is 5.50. The summed E-state index contributed by atoms with van der Waals surface area (Å²) in [7, 11) is 0. The summed E-state index contributed by atoms with van der Waals surface area (Å²) in [6.07, 6.45) is -7.69. The van der Waals surface area contributed by atoms with E-state index in [9.17, 15) is 31.1 Å². The molecule has 1 aliphatic carbocycles. The highest BCUT2D eigenvalue weighted by molar-refractivity contribution is 5.61. The number of hydrogen-bond acceptors (Lipinski definition) is 3. The minimum Gasteiger partial charge on any atom is -0.428 e. The summed E-state index contributed by atoms with van der Waals surface area (Å²) in [6, 6.07) is 0. The van der Waals surface area contributed by atoms with Gasteiger partial charge in [0, 0.05) is 6.42 Å². The molecular weight excluding hydrogens is 294 g/mol. The molecule has 9 heteroatoms.